The zero-order chi connectivity index (χ0) is 27.4. The van der Waals surface area contributed by atoms with E-state index in [1.165, 1.54) is 0 Å². The number of nitrogens with one attached hydrogen (secondary N) is 1. The molecule has 0 unspecified atom stereocenters. The normalized spacial score (nSPS) is 11.2. The Morgan fingerprint density at radius 3 is 2.59 bits per heavy atom. The lowest BCUT2D eigenvalue weighted by molar-refractivity contribution is -0.142. The highest BCUT2D eigenvalue weighted by atomic mass is 16.5. The van der Waals surface area contributed by atoms with Crippen LogP contribution in [0.1, 0.15) is 38.1 Å². The number of hydrogen-bond donors (Lipinski definition) is 1. The van der Waals surface area contributed by atoms with Gasteiger partial charge < -0.3 is 19.2 Å². The summed E-state index contributed by atoms with van der Waals surface area (Å²) in [6.07, 6.45) is 1.68. The molecule has 0 radical (unpaired) electrons. The molecule has 0 amide bonds. The Bertz CT molecular complexity index is 1590. The van der Waals surface area contributed by atoms with Gasteiger partial charge in [0.2, 0.25) is 0 Å². The number of hydrogen-bond acceptors (Lipinski definition) is 7. The summed E-state index contributed by atoms with van der Waals surface area (Å²) in [6, 6.07) is 20.1. The van der Waals surface area contributed by atoms with Crippen molar-refractivity contribution in [1.29, 1.82) is 0 Å². The SMILES string of the molecule is CCOC(=O)Cc1ccc(OC)cc1OCc1nn(C(C)C)c2ccc(-c3cccc(-c4nnc[nH]4)c3)cc12. The lowest BCUT2D eigenvalue weighted by atomic mass is 10.0. The summed E-state index contributed by atoms with van der Waals surface area (Å²) in [7, 11) is 1.60. The second-order valence-corrected chi connectivity index (χ2v) is 9.38. The molecule has 0 aliphatic carbocycles. The number of fused-ring (bicyclic) bond motifs is 1. The van der Waals surface area contributed by atoms with E-state index < -0.39 is 0 Å². The smallest absolute Gasteiger partial charge is 0.310 e. The number of methoxy groups -OCH3 is 1. The molecule has 5 aromatic rings. The molecule has 9 nitrogen and oxygen atoms in total. The average Bonchev–Trinajstić information content (AvgIpc) is 3.61. The van der Waals surface area contributed by atoms with Crippen LogP contribution in [0.4, 0.5) is 0 Å². The van der Waals surface area contributed by atoms with Crippen molar-refractivity contribution in [3.05, 3.63) is 78.2 Å². The summed E-state index contributed by atoms with van der Waals surface area (Å²) in [4.78, 5) is 15.2. The van der Waals surface area contributed by atoms with Crippen molar-refractivity contribution >= 4 is 16.9 Å². The summed E-state index contributed by atoms with van der Waals surface area (Å²) in [6.45, 7) is 6.54. The molecule has 5 rings (SSSR count). The van der Waals surface area contributed by atoms with Crippen LogP contribution in [0, 0.1) is 0 Å². The fraction of sp³-hybridized carbons (Fsp3) is 0.267. The van der Waals surface area contributed by atoms with Gasteiger partial charge in [-0.15, -0.1) is 10.2 Å². The molecule has 0 atom stereocenters. The molecule has 200 valence electrons. The Hall–Kier alpha value is -4.66. The highest BCUT2D eigenvalue weighted by Crippen LogP contribution is 2.32. The lowest BCUT2D eigenvalue weighted by Gasteiger charge is -2.12. The predicted octanol–water partition coefficient (Wildman–Crippen LogP) is 5.76. The van der Waals surface area contributed by atoms with E-state index in [9.17, 15) is 4.79 Å². The maximum Gasteiger partial charge on any atom is 0.310 e. The van der Waals surface area contributed by atoms with E-state index in [0.717, 1.165) is 44.7 Å². The van der Waals surface area contributed by atoms with Crippen molar-refractivity contribution in [2.75, 3.05) is 13.7 Å². The number of rotatable bonds is 10. The lowest BCUT2D eigenvalue weighted by Crippen LogP contribution is -2.09. The van der Waals surface area contributed by atoms with E-state index in [1.807, 2.05) is 28.9 Å². The van der Waals surface area contributed by atoms with Crippen molar-refractivity contribution in [2.24, 2.45) is 0 Å². The van der Waals surface area contributed by atoms with Gasteiger partial charge in [0.25, 0.3) is 0 Å². The molecule has 0 saturated carbocycles. The maximum absolute atomic E-state index is 12.2. The van der Waals surface area contributed by atoms with Gasteiger partial charge in [0, 0.05) is 28.6 Å². The van der Waals surface area contributed by atoms with Crippen LogP contribution in [0.2, 0.25) is 0 Å². The van der Waals surface area contributed by atoms with Gasteiger partial charge in [-0.05, 0) is 56.2 Å². The summed E-state index contributed by atoms with van der Waals surface area (Å²) >= 11 is 0. The minimum absolute atomic E-state index is 0.111. The fourth-order valence-corrected chi connectivity index (χ4v) is 4.53. The van der Waals surface area contributed by atoms with Gasteiger partial charge >= 0.3 is 5.97 Å². The number of nitrogens with zero attached hydrogens (tertiary/aromatic N) is 4. The molecule has 39 heavy (non-hydrogen) atoms. The molecule has 0 bridgehead atoms. The zero-order valence-corrected chi connectivity index (χ0v) is 22.5. The van der Waals surface area contributed by atoms with Gasteiger partial charge in [0.1, 0.15) is 30.1 Å². The summed E-state index contributed by atoms with van der Waals surface area (Å²) in [5, 5.41) is 13.9. The van der Waals surface area contributed by atoms with Gasteiger partial charge in [0.05, 0.1) is 25.7 Å². The third-order valence-electron chi connectivity index (χ3n) is 6.44. The van der Waals surface area contributed by atoms with Crippen LogP contribution in [0.3, 0.4) is 0 Å². The molecule has 0 fully saturated rings. The first kappa shape index (κ1) is 26.0. The molecule has 1 N–H and O–H groups in total. The highest BCUT2D eigenvalue weighted by molar-refractivity contribution is 5.88. The largest absolute Gasteiger partial charge is 0.497 e. The molecule has 0 saturated heterocycles. The maximum atomic E-state index is 12.2. The van der Waals surface area contributed by atoms with E-state index in [2.05, 4.69) is 59.4 Å². The molecule has 2 aromatic heterocycles. The van der Waals surface area contributed by atoms with Crippen LogP contribution >= 0.6 is 0 Å². The predicted molar refractivity (Wildman–Crippen MR) is 149 cm³/mol. The Kier molecular flexibility index (Phi) is 7.58. The van der Waals surface area contributed by atoms with Crippen LogP contribution in [0.15, 0.2) is 67.0 Å². The number of benzene rings is 3. The monoisotopic (exact) mass is 525 g/mol. The van der Waals surface area contributed by atoms with Crippen LogP contribution in [0.5, 0.6) is 11.5 Å². The van der Waals surface area contributed by atoms with Crippen LogP contribution < -0.4 is 9.47 Å². The van der Waals surface area contributed by atoms with Gasteiger partial charge in [0.15, 0.2) is 5.82 Å². The minimum Gasteiger partial charge on any atom is -0.497 e. The Morgan fingerprint density at radius 1 is 1.03 bits per heavy atom. The van der Waals surface area contributed by atoms with Crippen LogP contribution in [-0.4, -0.2) is 44.6 Å². The number of aromatic nitrogens is 5. The van der Waals surface area contributed by atoms with E-state index in [0.29, 0.717) is 18.1 Å². The zero-order valence-electron chi connectivity index (χ0n) is 22.5. The number of carbonyl (C=O) groups excluding carboxylic acids is 1. The highest BCUT2D eigenvalue weighted by Gasteiger charge is 2.17. The average molecular weight is 526 g/mol. The first-order valence-corrected chi connectivity index (χ1v) is 12.9. The van der Waals surface area contributed by atoms with Gasteiger partial charge in [-0.1, -0.05) is 30.3 Å². The summed E-state index contributed by atoms with van der Waals surface area (Å²) in [5.74, 6) is 1.62. The van der Waals surface area contributed by atoms with E-state index in [4.69, 9.17) is 19.3 Å². The standard InChI is InChI=1S/C30H31N5O4/c1-5-38-29(36)15-22-9-11-24(37-4)16-28(22)39-17-26-25-14-21(10-12-27(25)35(34-26)19(2)3)20-7-6-8-23(13-20)30-31-18-32-33-30/h6-14,16,18-19H,5,15,17H2,1-4H3,(H,31,32,33). The van der Waals surface area contributed by atoms with Crippen molar-refractivity contribution in [3.8, 4) is 34.0 Å². The molecule has 9 heteroatoms. The fourth-order valence-electron chi connectivity index (χ4n) is 4.53. The quantitative estimate of drug-likeness (QED) is 0.231. The van der Waals surface area contributed by atoms with Crippen LogP contribution in [0.25, 0.3) is 33.4 Å². The second kappa shape index (κ2) is 11.4. The van der Waals surface area contributed by atoms with Gasteiger partial charge in [-0.2, -0.15) is 5.10 Å². The van der Waals surface area contributed by atoms with Crippen molar-refractivity contribution in [3.63, 3.8) is 0 Å². The molecule has 3 aromatic carbocycles. The number of carbonyl (C=O) groups is 1. The molecular formula is C30H31N5O4. The molecule has 2 heterocycles. The molecule has 0 aliphatic rings. The molecular weight excluding hydrogens is 494 g/mol. The second-order valence-electron chi connectivity index (χ2n) is 9.38. The third-order valence-corrected chi connectivity index (χ3v) is 6.44. The number of esters is 1. The molecule has 0 spiro atoms. The van der Waals surface area contributed by atoms with Crippen molar-refractivity contribution in [1.82, 2.24) is 25.0 Å². The minimum atomic E-state index is -0.306. The van der Waals surface area contributed by atoms with Crippen LogP contribution in [-0.2, 0) is 22.6 Å². The van der Waals surface area contributed by atoms with Crippen molar-refractivity contribution < 1.29 is 19.0 Å². The first-order chi connectivity index (χ1) is 19.0. The number of aromatic amines is 1. The van der Waals surface area contributed by atoms with E-state index >= 15 is 0 Å². The third kappa shape index (κ3) is 5.62. The molecule has 0 aliphatic heterocycles. The first-order valence-electron chi connectivity index (χ1n) is 12.9. The Morgan fingerprint density at radius 2 is 1.85 bits per heavy atom. The van der Waals surface area contributed by atoms with Gasteiger partial charge in [-0.25, -0.2) is 0 Å². The Labute approximate surface area is 226 Å². The van der Waals surface area contributed by atoms with E-state index in [1.54, 1.807) is 26.4 Å². The van der Waals surface area contributed by atoms with Crippen molar-refractivity contribution in [2.45, 2.75) is 39.8 Å². The Balaban J connectivity index is 1.49. The summed E-state index contributed by atoms with van der Waals surface area (Å²) < 4.78 is 18.8. The number of ether oxygens (including phenoxy) is 3. The topological polar surface area (TPSA) is 104 Å². The summed E-state index contributed by atoms with van der Waals surface area (Å²) in [5.41, 5.74) is 5.62. The van der Waals surface area contributed by atoms with Gasteiger partial charge in [-0.3, -0.25) is 9.48 Å². The van der Waals surface area contributed by atoms with E-state index in [-0.39, 0.29) is 25.0 Å². The number of H-pyrrole nitrogens is 1.